The average molecular weight is 466 g/mol. The molecule has 7 heteroatoms. The van der Waals surface area contributed by atoms with E-state index in [4.69, 9.17) is 33.7 Å². The molecule has 2 aromatic rings. The maximum absolute atomic E-state index is 10.3. The standard InChI is InChI=1S/C24H33Cl2N3O2/c25-20-14-18(15-21(26)24(20)27)23(30)16-28-11-4-1-5-12-31-13-10-19-9-8-17-6-2-3-7-22(17)29-19/h2-3,6-7,14-15,19,23,28-30H,1,4-5,8-13,16,27H2. The molecule has 0 aliphatic carbocycles. The normalized spacial score (nSPS) is 16.5. The van der Waals surface area contributed by atoms with Crippen LogP contribution in [0.15, 0.2) is 36.4 Å². The number of ether oxygens (including phenoxy) is 1. The van der Waals surface area contributed by atoms with Crippen LogP contribution in [-0.4, -0.2) is 37.5 Å². The van der Waals surface area contributed by atoms with Gasteiger partial charge in [0, 0.05) is 31.5 Å². The molecule has 0 spiro atoms. The first-order chi connectivity index (χ1) is 15.0. The molecule has 0 radical (unpaired) electrons. The molecule has 170 valence electrons. The fraction of sp³-hybridized carbons (Fsp3) is 0.500. The third-order valence-corrected chi connectivity index (χ3v) is 6.34. The topological polar surface area (TPSA) is 79.5 Å². The van der Waals surface area contributed by atoms with Crippen LogP contribution in [0.1, 0.15) is 49.3 Å². The lowest BCUT2D eigenvalue weighted by Crippen LogP contribution is -2.26. The fourth-order valence-corrected chi connectivity index (χ4v) is 4.33. The summed E-state index contributed by atoms with van der Waals surface area (Å²) in [7, 11) is 0. The summed E-state index contributed by atoms with van der Waals surface area (Å²) in [5.41, 5.74) is 9.44. The highest BCUT2D eigenvalue weighted by molar-refractivity contribution is 6.38. The van der Waals surface area contributed by atoms with Crippen LogP contribution in [0.5, 0.6) is 0 Å². The number of rotatable bonds is 12. The highest BCUT2D eigenvalue weighted by atomic mass is 35.5. The highest BCUT2D eigenvalue weighted by Gasteiger charge is 2.16. The summed E-state index contributed by atoms with van der Waals surface area (Å²) < 4.78 is 5.82. The van der Waals surface area contributed by atoms with Crippen molar-refractivity contribution in [1.82, 2.24) is 5.32 Å². The minimum Gasteiger partial charge on any atom is -0.396 e. The first-order valence-electron chi connectivity index (χ1n) is 11.1. The Balaban J connectivity index is 1.18. The second-order valence-electron chi connectivity index (χ2n) is 8.12. The number of aliphatic hydroxyl groups excluding tert-OH is 1. The first kappa shape index (κ1) is 24.1. The lowest BCUT2D eigenvalue weighted by molar-refractivity contribution is 0.123. The minimum atomic E-state index is -0.667. The van der Waals surface area contributed by atoms with E-state index >= 15 is 0 Å². The molecule has 0 aromatic heterocycles. The summed E-state index contributed by atoms with van der Waals surface area (Å²) in [4.78, 5) is 0. The zero-order valence-corrected chi connectivity index (χ0v) is 19.4. The van der Waals surface area contributed by atoms with Crippen LogP contribution < -0.4 is 16.4 Å². The molecule has 5 N–H and O–H groups in total. The second kappa shape index (κ2) is 12.5. The third-order valence-electron chi connectivity index (χ3n) is 5.72. The molecular weight excluding hydrogens is 433 g/mol. The largest absolute Gasteiger partial charge is 0.396 e. The van der Waals surface area contributed by atoms with Crippen molar-refractivity contribution in [3.63, 3.8) is 0 Å². The Kier molecular flexibility index (Phi) is 9.75. The predicted molar refractivity (Wildman–Crippen MR) is 130 cm³/mol. The van der Waals surface area contributed by atoms with Gasteiger partial charge in [-0.15, -0.1) is 0 Å². The minimum absolute atomic E-state index is 0.342. The maximum atomic E-state index is 10.3. The Hall–Kier alpha value is -1.50. The molecule has 2 unspecified atom stereocenters. The van der Waals surface area contributed by atoms with Gasteiger partial charge < -0.3 is 26.2 Å². The molecule has 2 atom stereocenters. The van der Waals surface area contributed by atoms with Crippen molar-refractivity contribution in [1.29, 1.82) is 0 Å². The van der Waals surface area contributed by atoms with Gasteiger partial charge in [-0.25, -0.2) is 0 Å². The Morgan fingerprint density at radius 1 is 1.13 bits per heavy atom. The van der Waals surface area contributed by atoms with Gasteiger partial charge in [-0.2, -0.15) is 0 Å². The van der Waals surface area contributed by atoms with E-state index in [2.05, 4.69) is 34.9 Å². The number of unbranched alkanes of at least 4 members (excludes halogenated alkanes) is 2. The van der Waals surface area contributed by atoms with Gasteiger partial charge in [-0.3, -0.25) is 0 Å². The number of nitrogens with one attached hydrogen (secondary N) is 2. The maximum Gasteiger partial charge on any atom is 0.0915 e. The number of aliphatic hydroxyl groups is 1. The van der Waals surface area contributed by atoms with Crippen molar-refractivity contribution in [3.05, 3.63) is 57.6 Å². The number of anilines is 2. The van der Waals surface area contributed by atoms with Gasteiger partial charge in [-0.1, -0.05) is 41.4 Å². The van der Waals surface area contributed by atoms with Gasteiger partial charge >= 0.3 is 0 Å². The summed E-state index contributed by atoms with van der Waals surface area (Å²) in [6.45, 7) is 2.90. The van der Waals surface area contributed by atoms with Crippen LogP contribution in [0.3, 0.4) is 0 Å². The van der Waals surface area contributed by atoms with Gasteiger partial charge in [-0.05, 0) is 74.4 Å². The number of hydrogen-bond donors (Lipinski definition) is 4. The summed E-state index contributed by atoms with van der Waals surface area (Å²) in [6.07, 6.45) is 5.89. The Labute approximate surface area is 195 Å². The lowest BCUT2D eigenvalue weighted by Gasteiger charge is -2.27. The smallest absolute Gasteiger partial charge is 0.0915 e. The molecule has 1 aliphatic rings. The average Bonchev–Trinajstić information content (AvgIpc) is 2.78. The van der Waals surface area contributed by atoms with E-state index in [1.165, 1.54) is 17.7 Å². The van der Waals surface area contributed by atoms with Crippen LogP contribution in [0, 0.1) is 0 Å². The fourth-order valence-electron chi connectivity index (χ4n) is 3.83. The quantitative estimate of drug-likeness (QED) is 0.255. The molecule has 0 saturated carbocycles. The molecule has 3 rings (SSSR count). The molecule has 2 aromatic carbocycles. The molecule has 1 heterocycles. The number of fused-ring (bicyclic) bond motifs is 1. The van der Waals surface area contributed by atoms with E-state index in [0.717, 1.165) is 51.9 Å². The summed E-state index contributed by atoms with van der Waals surface area (Å²) >= 11 is 12.1. The second-order valence-corrected chi connectivity index (χ2v) is 8.93. The molecule has 0 bridgehead atoms. The van der Waals surface area contributed by atoms with Crippen LogP contribution >= 0.6 is 23.2 Å². The zero-order chi connectivity index (χ0) is 22.1. The van der Waals surface area contributed by atoms with Crippen molar-refractivity contribution < 1.29 is 9.84 Å². The number of halogens is 2. The summed E-state index contributed by atoms with van der Waals surface area (Å²) in [6, 6.07) is 12.4. The molecule has 0 saturated heterocycles. The van der Waals surface area contributed by atoms with E-state index in [-0.39, 0.29) is 0 Å². The van der Waals surface area contributed by atoms with Crippen LogP contribution in [0.25, 0.3) is 0 Å². The van der Waals surface area contributed by atoms with E-state index in [1.54, 1.807) is 12.1 Å². The molecule has 5 nitrogen and oxygen atoms in total. The Bertz CT molecular complexity index is 811. The SMILES string of the molecule is Nc1c(Cl)cc(C(O)CNCCCCCOCCC2CCc3ccccc3N2)cc1Cl. The summed E-state index contributed by atoms with van der Waals surface area (Å²) in [5, 5.41) is 17.9. The van der Waals surface area contributed by atoms with Crippen molar-refractivity contribution >= 4 is 34.6 Å². The van der Waals surface area contributed by atoms with Crippen LogP contribution in [-0.2, 0) is 11.2 Å². The van der Waals surface area contributed by atoms with E-state index < -0.39 is 6.10 Å². The Morgan fingerprint density at radius 2 is 1.90 bits per heavy atom. The van der Waals surface area contributed by atoms with Gasteiger partial charge in [0.2, 0.25) is 0 Å². The third kappa shape index (κ3) is 7.55. The number of benzene rings is 2. The number of para-hydroxylation sites is 1. The highest BCUT2D eigenvalue weighted by Crippen LogP contribution is 2.31. The molecule has 1 aliphatic heterocycles. The van der Waals surface area contributed by atoms with Crippen molar-refractivity contribution in [3.8, 4) is 0 Å². The summed E-state index contributed by atoms with van der Waals surface area (Å²) in [5.74, 6) is 0. The number of aryl methyl sites for hydroxylation is 1. The Morgan fingerprint density at radius 3 is 2.71 bits per heavy atom. The molecule has 0 amide bonds. The van der Waals surface area contributed by atoms with Crippen LogP contribution in [0.2, 0.25) is 10.0 Å². The van der Waals surface area contributed by atoms with Gasteiger partial charge in [0.15, 0.2) is 0 Å². The van der Waals surface area contributed by atoms with E-state index in [0.29, 0.717) is 33.9 Å². The predicted octanol–water partition coefficient (Wildman–Crippen LogP) is 5.20. The van der Waals surface area contributed by atoms with Crippen molar-refractivity contribution in [2.24, 2.45) is 0 Å². The lowest BCUT2D eigenvalue weighted by atomic mass is 9.96. The molecule has 0 fully saturated rings. The monoisotopic (exact) mass is 465 g/mol. The number of hydrogen-bond acceptors (Lipinski definition) is 5. The van der Waals surface area contributed by atoms with E-state index in [1.807, 2.05) is 0 Å². The van der Waals surface area contributed by atoms with E-state index in [9.17, 15) is 5.11 Å². The van der Waals surface area contributed by atoms with Gasteiger partial charge in [0.25, 0.3) is 0 Å². The zero-order valence-electron chi connectivity index (χ0n) is 17.9. The number of nitrogen functional groups attached to an aromatic ring is 1. The number of nitrogens with two attached hydrogens (primary N) is 1. The van der Waals surface area contributed by atoms with Crippen LogP contribution in [0.4, 0.5) is 11.4 Å². The molecular formula is C24H33Cl2N3O2. The molecule has 31 heavy (non-hydrogen) atoms. The van der Waals surface area contributed by atoms with Crippen molar-refractivity contribution in [2.45, 2.75) is 50.7 Å². The van der Waals surface area contributed by atoms with Gasteiger partial charge in [0.1, 0.15) is 0 Å². The van der Waals surface area contributed by atoms with Crippen molar-refractivity contribution in [2.75, 3.05) is 37.4 Å². The van der Waals surface area contributed by atoms with Gasteiger partial charge in [0.05, 0.1) is 21.8 Å². The first-order valence-corrected chi connectivity index (χ1v) is 11.9.